The highest BCUT2D eigenvalue weighted by Gasteiger charge is 2.30. The molecule has 112 valence electrons. The van der Waals surface area contributed by atoms with E-state index in [0.29, 0.717) is 12.6 Å². The number of aromatic nitrogens is 2. The van der Waals surface area contributed by atoms with Crippen molar-refractivity contribution in [3.8, 4) is 0 Å². The third-order valence-electron chi connectivity index (χ3n) is 3.80. The number of benzene rings is 1. The van der Waals surface area contributed by atoms with Crippen molar-refractivity contribution in [3.05, 3.63) is 53.6 Å². The van der Waals surface area contributed by atoms with Crippen LogP contribution < -0.4 is 5.32 Å². The van der Waals surface area contributed by atoms with Crippen LogP contribution in [0, 0.1) is 0 Å². The number of imidazole rings is 1. The Morgan fingerprint density at radius 2 is 2.00 bits per heavy atom. The van der Waals surface area contributed by atoms with Gasteiger partial charge in [-0.1, -0.05) is 12.1 Å². The molecule has 0 bridgehead atoms. The Morgan fingerprint density at radius 3 is 2.62 bits per heavy atom. The first-order valence-electron chi connectivity index (χ1n) is 6.93. The smallest absolute Gasteiger partial charge is 0.329 e. The van der Waals surface area contributed by atoms with Gasteiger partial charge in [0.05, 0.1) is 17.6 Å². The van der Waals surface area contributed by atoms with Gasteiger partial charge in [-0.3, -0.25) is 0 Å². The Bertz CT molecular complexity index is 595. The van der Waals surface area contributed by atoms with Crippen LogP contribution in [0.4, 0.5) is 13.2 Å². The third kappa shape index (κ3) is 3.10. The summed E-state index contributed by atoms with van der Waals surface area (Å²) >= 11 is 0. The average Bonchev–Trinajstić information content (AvgIpc) is 3.08. The molecule has 1 aliphatic rings. The zero-order valence-electron chi connectivity index (χ0n) is 11.4. The molecule has 1 aliphatic heterocycles. The lowest BCUT2D eigenvalue weighted by molar-refractivity contribution is -0.137. The molecule has 0 radical (unpaired) electrons. The Labute approximate surface area is 120 Å². The summed E-state index contributed by atoms with van der Waals surface area (Å²) in [7, 11) is 0. The number of hydrogen-bond donors (Lipinski definition) is 1. The molecule has 1 saturated heterocycles. The summed E-state index contributed by atoms with van der Waals surface area (Å²) in [5, 5.41) is 3.40. The monoisotopic (exact) mass is 295 g/mol. The minimum Gasteiger partial charge on any atom is -0.329 e. The number of alkyl halides is 3. The lowest BCUT2D eigenvalue weighted by Gasteiger charge is -2.14. The minimum absolute atomic E-state index is 0.293. The fourth-order valence-corrected chi connectivity index (χ4v) is 2.69. The molecule has 6 heteroatoms. The summed E-state index contributed by atoms with van der Waals surface area (Å²) in [6.07, 6.45) is 1.47. The molecule has 3 rings (SSSR count). The van der Waals surface area contributed by atoms with Crippen LogP contribution in [0.3, 0.4) is 0 Å². The molecule has 3 nitrogen and oxygen atoms in total. The van der Waals surface area contributed by atoms with Gasteiger partial charge in [-0.25, -0.2) is 4.98 Å². The van der Waals surface area contributed by atoms with Crippen LogP contribution in [0.2, 0.25) is 0 Å². The number of hydrogen-bond acceptors (Lipinski definition) is 2. The fourth-order valence-electron chi connectivity index (χ4n) is 2.69. The third-order valence-corrected chi connectivity index (χ3v) is 3.80. The lowest BCUT2D eigenvalue weighted by atomic mass is 10.1. The van der Waals surface area contributed by atoms with E-state index in [9.17, 15) is 13.2 Å². The first kappa shape index (κ1) is 14.1. The predicted octanol–water partition coefficient (Wildman–Crippen LogP) is 3.37. The van der Waals surface area contributed by atoms with E-state index >= 15 is 0 Å². The van der Waals surface area contributed by atoms with Gasteiger partial charge >= 0.3 is 6.18 Å². The van der Waals surface area contributed by atoms with E-state index in [1.54, 1.807) is 6.33 Å². The number of halogens is 3. The number of rotatable bonds is 3. The first-order chi connectivity index (χ1) is 10.0. The molecule has 21 heavy (non-hydrogen) atoms. The molecule has 0 spiro atoms. The standard InChI is InChI=1S/C15H16F3N3/c16-15(17,18)12-5-3-11(4-6-12)9-21-10-19-8-14(21)13-2-1-7-20-13/h3-6,8,10,13,20H,1-2,7,9H2. The van der Waals surface area contributed by atoms with Gasteiger partial charge in [0, 0.05) is 18.8 Å². The van der Waals surface area contributed by atoms with Gasteiger partial charge in [0.25, 0.3) is 0 Å². The van der Waals surface area contributed by atoms with Crippen molar-refractivity contribution in [1.82, 2.24) is 14.9 Å². The molecule has 0 saturated carbocycles. The normalized spacial score (nSPS) is 19.1. The summed E-state index contributed by atoms with van der Waals surface area (Å²) < 4.78 is 39.6. The Hall–Kier alpha value is -1.82. The summed E-state index contributed by atoms with van der Waals surface area (Å²) in [6.45, 7) is 1.53. The van der Waals surface area contributed by atoms with Gasteiger partial charge in [0.2, 0.25) is 0 Å². The van der Waals surface area contributed by atoms with Crippen molar-refractivity contribution in [3.63, 3.8) is 0 Å². The van der Waals surface area contributed by atoms with Crippen LogP contribution in [0.25, 0.3) is 0 Å². The van der Waals surface area contributed by atoms with Crippen molar-refractivity contribution in [1.29, 1.82) is 0 Å². The minimum atomic E-state index is -4.29. The van der Waals surface area contributed by atoms with Gasteiger partial charge in [-0.05, 0) is 37.1 Å². The van der Waals surface area contributed by atoms with Gasteiger partial charge in [0.15, 0.2) is 0 Å². The Balaban J connectivity index is 1.76. The highest BCUT2D eigenvalue weighted by Crippen LogP contribution is 2.29. The van der Waals surface area contributed by atoms with E-state index in [2.05, 4.69) is 10.3 Å². The van der Waals surface area contributed by atoms with Gasteiger partial charge < -0.3 is 9.88 Å². The van der Waals surface area contributed by atoms with Gasteiger partial charge in [-0.2, -0.15) is 13.2 Å². The van der Waals surface area contributed by atoms with Crippen LogP contribution >= 0.6 is 0 Å². The second kappa shape index (κ2) is 5.52. The number of nitrogens with one attached hydrogen (secondary N) is 1. The quantitative estimate of drug-likeness (QED) is 0.941. The van der Waals surface area contributed by atoms with Crippen LogP contribution in [0.5, 0.6) is 0 Å². The van der Waals surface area contributed by atoms with E-state index in [4.69, 9.17) is 0 Å². The molecule has 2 aromatic rings. The van der Waals surface area contributed by atoms with E-state index in [1.165, 1.54) is 12.1 Å². The molecule has 2 heterocycles. The summed E-state index contributed by atoms with van der Waals surface area (Å²) in [4.78, 5) is 4.16. The van der Waals surface area contributed by atoms with E-state index in [-0.39, 0.29) is 0 Å². The molecular formula is C15H16F3N3. The fraction of sp³-hybridized carbons (Fsp3) is 0.400. The zero-order valence-corrected chi connectivity index (χ0v) is 11.4. The number of nitrogens with zero attached hydrogens (tertiary/aromatic N) is 2. The maximum atomic E-state index is 12.5. The lowest BCUT2D eigenvalue weighted by Crippen LogP contribution is -2.17. The largest absolute Gasteiger partial charge is 0.416 e. The molecule has 0 aliphatic carbocycles. The highest BCUT2D eigenvalue weighted by molar-refractivity contribution is 5.25. The molecular weight excluding hydrogens is 279 g/mol. The Morgan fingerprint density at radius 1 is 1.24 bits per heavy atom. The molecule has 1 aromatic carbocycles. The van der Waals surface area contributed by atoms with E-state index < -0.39 is 11.7 Å². The van der Waals surface area contributed by atoms with Crippen LogP contribution in [0.15, 0.2) is 36.8 Å². The molecule has 1 unspecified atom stereocenters. The van der Waals surface area contributed by atoms with Crippen molar-refractivity contribution < 1.29 is 13.2 Å². The van der Waals surface area contributed by atoms with E-state index in [0.717, 1.165) is 42.8 Å². The molecule has 1 N–H and O–H groups in total. The maximum Gasteiger partial charge on any atom is 0.416 e. The SMILES string of the molecule is FC(F)(F)c1ccc(Cn2cncc2C2CCCN2)cc1. The summed E-state index contributed by atoms with van der Waals surface area (Å²) in [6, 6.07) is 5.59. The van der Waals surface area contributed by atoms with Crippen LogP contribution in [0.1, 0.15) is 35.7 Å². The van der Waals surface area contributed by atoms with Crippen molar-refractivity contribution in [2.45, 2.75) is 31.6 Å². The zero-order chi connectivity index (χ0) is 14.9. The van der Waals surface area contributed by atoms with Crippen molar-refractivity contribution in [2.24, 2.45) is 0 Å². The van der Waals surface area contributed by atoms with Gasteiger partial charge in [-0.15, -0.1) is 0 Å². The topological polar surface area (TPSA) is 29.9 Å². The Kier molecular flexibility index (Phi) is 3.71. The van der Waals surface area contributed by atoms with Crippen LogP contribution in [-0.4, -0.2) is 16.1 Å². The molecule has 1 atom stereocenters. The second-order valence-electron chi connectivity index (χ2n) is 5.29. The molecule has 0 amide bonds. The highest BCUT2D eigenvalue weighted by atomic mass is 19.4. The first-order valence-corrected chi connectivity index (χ1v) is 6.93. The van der Waals surface area contributed by atoms with E-state index in [1.807, 2.05) is 10.8 Å². The molecule has 1 fully saturated rings. The van der Waals surface area contributed by atoms with Crippen LogP contribution in [-0.2, 0) is 12.7 Å². The van der Waals surface area contributed by atoms with Gasteiger partial charge in [0.1, 0.15) is 0 Å². The summed E-state index contributed by atoms with van der Waals surface area (Å²) in [5.74, 6) is 0. The predicted molar refractivity (Wildman–Crippen MR) is 72.8 cm³/mol. The van der Waals surface area contributed by atoms with Crippen molar-refractivity contribution >= 4 is 0 Å². The van der Waals surface area contributed by atoms with Crippen molar-refractivity contribution in [2.75, 3.05) is 6.54 Å². The molecule has 1 aromatic heterocycles. The maximum absolute atomic E-state index is 12.5. The second-order valence-corrected chi connectivity index (χ2v) is 5.29. The average molecular weight is 295 g/mol. The summed E-state index contributed by atoms with van der Waals surface area (Å²) in [5.41, 5.74) is 1.31.